The lowest BCUT2D eigenvalue weighted by atomic mass is 9.81. The molecular formula is C31H33FN4O2. The van der Waals surface area contributed by atoms with E-state index in [0.717, 1.165) is 47.8 Å². The highest BCUT2D eigenvalue weighted by atomic mass is 19.1. The third-order valence-electron chi connectivity index (χ3n) is 7.64. The quantitative estimate of drug-likeness (QED) is 0.276. The molecule has 4 aromatic rings. The van der Waals surface area contributed by atoms with Crippen molar-refractivity contribution in [3.8, 4) is 0 Å². The number of aromatic nitrogens is 2. The highest BCUT2D eigenvalue weighted by molar-refractivity contribution is 6.00. The SMILES string of the molecule is C[C@@](Cc1c[nH]c2ccccc12)(NC(=O)c1ccccc1F)C(=O)NC(c1ccccn1)C1CCCCC1. The summed E-state index contributed by atoms with van der Waals surface area (Å²) in [5.41, 5.74) is 1.19. The summed E-state index contributed by atoms with van der Waals surface area (Å²) < 4.78 is 14.5. The van der Waals surface area contributed by atoms with Crippen LogP contribution in [0.1, 0.15) is 66.7 Å². The van der Waals surface area contributed by atoms with E-state index in [1.165, 1.54) is 24.6 Å². The van der Waals surface area contributed by atoms with E-state index in [9.17, 15) is 14.0 Å². The van der Waals surface area contributed by atoms with Crippen molar-refractivity contribution in [1.29, 1.82) is 0 Å². The zero-order valence-corrected chi connectivity index (χ0v) is 21.5. The Kier molecular flexibility index (Phi) is 7.54. The van der Waals surface area contributed by atoms with Crippen LogP contribution in [0.2, 0.25) is 0 Å². The zero-order chi connectivity index (χ0) is 26.5. The molecule has 1 aliphatic carbocycles. The van der Waals surface area contributed by atoms with Crippen LogP contribution in [0.5, 0.6) is 0 Å². The molecule has 2 aromatic carbocycles. The number of amides is 2. The lowest BCUT2D eigenvalue weighted by Gasteiger charge is -2.35. The Balaban J connectivity index is 1.49. The maximum absolute atomic E-state index is 14.5. The zero-order valence-electron chi connectivity index (χ0n) is 21.5. The van der Waals surface area contributed by atoms with E-state index in [2.05, 4.69) is 20.6 Å². The first-order valence-electron chi connectivity index (χ1n) is 13.3. The highest BCUT2D eigenvalue weighted by Gasteiger charge is 2.39. The maximum atomic E-state index is 14.5. The summed E-state index contributed by atoms with van der Waals surface area (Å²) in [6.07, 6.45) is 9.25. The Morgan fingerprint density at radius 3 is 2.53 bits per heavy atom. The predicted molar refractivity (Wildman–Crippen MR) is 146 cm³/mol. The van der Waals surface area contributed by atoms with Crippen LogP contribution in [0, 0.1) is 11.7 Å². The highest BCUT2D eigenvalue weighted by Crippen LogP contribution is 2.34. The number of rotatable bonds is 8. The van der Waals surface area contributed by atoms with Gasteiger partial charge in [-0.1, -0.05) is 55.7 Å². The van der Waals surface area contributed by atoms with Crippen molar-refractivity contribution in [3.05, 3.63) is 102 Å². The number of pyridine rings is 1. The van der Waals surface area contributed by atoms with Crippen molar-refractivity contribution in [2.75, 3.05) is 0 Å². The second-order valence-electron chi connectivity index (χ2n) is 10.4. The van der Waals surface area contributed by atoms with E-state index in [0.29, 0.717) is 0 Å². The van der Waals surface area contributed by atoms with Gasteiger partial charge in [0.1, 0.15) is 11.4 Å². The number of halogens is 1. The minimum Gasteiger partial charge on any atom is -0.361 e. The molecule has 3 N–H and O–H groups in total. The number of benzene rings is 2. The molecule has 0 bridgehead atoms. The molecule has 1 aliphatic rings. The number of nitrogens with one attached hydrogen (secondary N) is 3. The molecule has 38 heavy (non-hydrogen) atoms. The van der Waals surface area contributed by atoms with Crippen molar-refractivity contribution >= 4 is 22.7 Å². The monoisotopic (exact) mass is 512 g/mol. The molecular weight excluding hydrogens is 479 g/mol. The van der Waals surface area contributed by atoms with E-state index < -0.39 is 17.3 Å². The van der Waals surface area contributed by atoms with Gasteiger partial charge < -0.3 is 15.6 Å². The third-order valence-corrected chi connectivity index (χ3v) is 7.64. The fourth-order valence-electron chi connectivity index (χ4n) is 5.56. The molecule has 0 spiro atoms. The molecule has 7 heteroatoms. The number of aromatic amines is 1. The predicted octanol–water partition coefficient (Wildman–Crippen LogP) is 5.87. The van der Waals surface area contributed by atoms with Crippen LogP contribution in [-0.4, -0.2) is 27.3 Å². The molecule has 2 atom stereocenters. The molecule has 1 fully saturated rings. The van der Waals surface area contributed by atoms with Gasteiger partial charge in [0, 0.05) is 29.7 Å². The van der Waals surface area contributed by atoms with Gasteiger partial charge in [-0.05, 0) is 61.6 Å². The summed E-state index contributed by atoms with van der Waals surface area (Å²) in [5.74, 6) is -1.34. The number of hydrogen-bond donors (Lipinski definition) is 3. The van der Waals surface area contributed by atoms with Crippen LogP contribution in [0.4, 0.5) is 4.39 Å². The van der Waals surface area contributed by atoms with Crippen molar-refractivity contribution in [2.24, 2.45) is 5.92 Å². The second-order valence-corrected chi connectivity index (χ2v) is 10.4. The molecule has 0 radical (unpaired) electrons. The summed E-state index contributed by atoms with van der Waals surface area (Å²) in [4.78, 5) is 35.2. The molecule has 196 valence electrons. The van der Waals surface area contributed by atoms with Crippen molar-refractivity contribution in [1.82, 2.24) is 20.6 Å². The van der Waals surface area contributed by atoms with Crippen molar-refractivity contribution in [3.63, 3.8) is 0 Å². The van der Waals surface area contributed by atoms with Crippen LogP contribution in [0.3, 0.4) is 0 Å². The second kappa shape index (κ2) is 11.2. The average molecular weight is 513 g/mol. The Morgan fingerprint density at radius 1 is 1.03 bits per heavy atom. The molecule has 5 rings (SSSR count). The van der Waals surface area contributed by atoms with Crippen molar-refractivity contribution in [2.45, 2.75) is 57.0 Å². The van der Waals surface area contributed by atoms with Crippen LogP contribution < -0.4 is 10.6 Å². The van der Waals surface area contributed by atoms with E-state index in [1.807, 2.05) is 48.7 Å². The van der Waals surface area contributed by atoms with Crippen LogP contribution in [-0.2, 0) is 11.2 Å². The van der Waals surface area contributed by atoms with Gasteiger partial charge in [-0.3, -0.25) is 14.6 Å². The lowest BCUT2D eigenvalue weighted by molar-refractivity contribution is -0.128. The summed E-state index contributed by atoms with van der Waals surface area (Å²) in [6.45, 7) is 1.71. The first-order valence-corrected chi connectivity index (χ1v) is 13.3. The summed E-state index contributed by atoms with van der Waals surface area (Å²) in [6, 6.07) is 19.1. The fraction of sp³-hybridized carbons (Fsp3) is 0.323. The number of nitrogens with zero attached hydrogens (tertiary/aromatic N) is 1. The van der Waals surface area contributed by atoms with Gasteiger partial charge in [-0.25, -0.2) is 4.39 Å². The van der Waals surface area contributed by atoms with Crippen LogP contribution >= 0.6 is 0 Å². The molecule has 1 unspecified atom stereocenters. The number of carbonyl (C=O) groups is 2. The molecule has 2 aromatic heterocycles. The minimum atomic E-state index is -1.36. The standard InChI is InChI=1S/C31H33FN4O2/c1-31(36-29(37)24-14-5-7-15-25(24)32,19-22-20-34-26-16-8-6-13-23(22)26)30(38)35-28(21-11-3-2-4-12-21)27-17-9-10-18-33-27/h5-10,13-18,20-21,28,34H,2-4,11-12,19H2,1H3,(H,35,38)(H,36,37)/t28?,31-/m0/s1. The summed E-state index contributed by atoms with van der Waals surface area (Å²) >= 11 is 0. The van der Waals surface area contributed by atoms with Gasteiger partial charge in [0.05, 0.1) is 17.3 Å². The number of H-pyrrole nitrogens is 1. The molecule has 0 saturated heterocycles. The van der Waals surface area contributed by atoms with E-state index in [-0.39, 0.29) is 29.9 Å². The van der Waals surface area contributed by atoms with Crippen molar-refractivity contribution < 1.29 is 14.0 Å². The maximum Gasteiger partial charge on any atom is 0.255 e. The number of hydrogen-bond acceptors (Lipinski definition) is 3. The largest absolute Gasteiger partial charge is 0.361 e. The first kappa shape index (κ1) is 25.6. The normalized spacial score (nSPS) is 16.5. The average Bonchev–Trinajstić information content (AvgIpc) is 3.35. The third kappa shape index (κ3) is 5.47. The number of carbonyl (C=O) groups excluding carboxylic acids is 2. The Hall–Kier alpha value is -4.00. The Bertz CT molecular complexity index is 1410. The molecule has 0 aliphatic heterocycles. The Labute approximate surface area is 222 Å². The van der Waals surface area contributed by atoms with Gasteiger partial charge in [0.25, 0.3) is 5.91 Å². The van der Waals surface area contributed by atoms with Gasteiger partial charge in [0.2, 0.25) is 5.91 Å². The lowest BCUT2D eigenvalue weighted by Crippen LogP contribution is -2.59. The van der Waals surface area contributed by atoms with Gasteiger partial charge in [-0.2, -0.15) is 0 Å². The molecule has 2 amide bonds. The minimum absolute atomic E-state index is 0.0981. The number of fused-ring (bicyclic) bond motifs is 1. The van der Waals surface area contributed by atoms with E-state index in [4.69, 9.17) is 0 Å². The van der Waals surface area contributed by atoms with E-state index in [1.54, 1.807) is 19.2 Å². The van der Waals surface area contributed by atoms with E-state index >= 15 is 0 Å². The Morgan fingerprint density at radius 2 is 1.76 bits per heavy atom. The van der Waals surface area contributed by atoms with Gasteiger partial charge in [0.15, 0.2) is 0 Å². The summed E-state index contributed by atoms with van der Waals surface area (Å²) in [7, 11) is 0. The summed E-state index contributed by atoms with van der Waals surface area (Å²) in [5, 5.41) is 7.12. The molecule has 1 saturated carbocycles. The molecule has 6 nitrogen and oxygen atoms in total. The van der Waals surface area contributed by atoms with Gasteiger partial charge >= 0.3 is 0 Å². The number of para-hydroxylation sites is 1. The smallest absolute Gasteiger partial charge is 0.255 e. The van der Waals surface area contributed by atoms with Crippen LogP contribution in [0.15, 0.2) is 79.1 Å². The van der Waals surface area contributed by atoms with Crippen LogP contribution in [0.25, 0.3) is 10.9 Å². The van der Waals surface area contributed by atoms with Gasteiger partial charge in [-0.15, -0.1) is 0 Å². The molecule has 2 heterocycles. The first-order chi connectivity index (χ1) is 18.4. The fourth-order valence-corrected chi connectivity index (χ4v) is 5.56. The topological polar surface area (TPSA) is 86.9 Å².